The number of hydrogen-bond donors (Lipinski definition) is 1. The zero-order chi connectivity index (χ0) is 20.8. The summed E-state index contributed by atoms with van der Waals surface area (Å²) >= 11 is 0. The highest BCUT2D eigenvalue weighted by atomic mass is 16.5. The minimum Gasteiger partial charge on any atom is -0.492 e. The van der Waals surface area contributed by atoms with Gasteiger partial charge in [0.2, 0.25) is 0 Å². The highest BCUT2D eigenvalue weighted by molar-refractivity contribution is 5.41. The topological polar surface area (TPSA) is 32.7 Å². The fraction of sp³-hybridized carbons (Fsp3) is 0.704. The molecule has 5 rings (SSSR count). The molecule has 3 nitrogen and oxygen atoms in total. The summed E-state index contributed by atoms with van der Waals surface area (Å²) in [5, 5.41) is 11.1. The molecule has 0 radical (unpaired) electrons. The van der Waals surface area contributed by atoms with E-state index in [4.69, 9.17) is 11.2 Å². The van der Waals surface area contributed by atoms with Crippen molar-refractivity contribution in [2.45, 2.75) is 76.2 Å². The lowest BCUT2D eigenvalue weighted by molar-refractivity contribution is -0.0646. The lowest BCUT2D eigenvalue weighted by Gasteiger charge is -2.52. The molecule has 0 spiro atoms. The predicted molar refractivity (Wildman–Crippen MR) is 121 cm³/mol. The number of aliphatic hydroxyl groups is 1. The second kappa shape index (κ2) is 7.88. The van der Waals surface area contributed by atoms with E-state index in [1.54, 1.807) is 0 Å². The van der Waals surface area contributed by atoms with Gasteiger partial charge in [0.05, 0.1) is 0 Å². The van der Waals surface area contributed by atoms with E-state index in [2.05, 4.69) is 35.9 Å². The van der Waals surface area contributed by atoms with Gasteiger partial charge in [-0.05, 0) is 105 Å². The minimum absolute atomic E-state index is 0.113. The number of likely N-dealkylation sites (tertiary alicyclic amines) is 1. The van der Waals surface area contributed by atoms with Crippen LogP contribution in [0.2, 0.25) is 0 Å². The molecule has 1 aromatic carbocycles. The van der Waals surface area contributed by atoms with Gasteiger partial charge in [-0.2, -0.15) is 0 Å². The first kappa shape index (κ1) is 20.4. The standard InChI is InChI=1S/C27H37NO2/c1-3-27(29)14-12-25-24-9-7-20-19-21(30-18-17-28-15-5-4-6-16-28)8-10-22(20)23(24)11-13-26(25,27)2/h1,8,10,19,23-25,29H,4-7,9,11-18H2,2H3/t23?,24?,25?,26-,27-/m0/s1. The molecule has 5 atom stereocenters. The molecule has 3 fully saturated rings. The predicted octanol–water partition coefficient (Wildman–Crippen LogP) is 4.77. The third kappa shape index (κ3) is 3.28. The van der Waals surface area contributed by atoms with Gasteiger partial charge in [-0.15, -0.1) is 6.42 Å². The molecule has 0 bridgehead atoms. The monoisotopic (exact) mass is 407 g/mol. The second-order valence-electron chi connectivity index (χ2n) is 10.5. The largest absolute Gasteiger partial charge is 0.492 e. The smallest absolute Gasteiger partial charge is 0.130 e. The second-order valence-corrected chi connectivity index (χ2v) is 10.5. The molecule has 1 aromatic rings. The van der Waals surface area contributed by atoms with Crippen LogP contribution in [0, 0.1) is 29.6 Å². The molecule has 1 aliphatic heterocycles. The highest BCUT2D eigenvalue weighted by Crippen LogP contribution is 2.64. The Morgan fingerprint density at radius 1 is 1.17 bits per heavy atom. The molecular formula is C27H37NO2. The number of nitrogens with zero attached hydrogens (tertiary/aromatic N) is 1. The molecule has 30 heavy (non-hydrogen) atoms. The summed E-state index contributed by atoms with van der Waals surface area (Å²) in [6.07, 6.45) is 16.2. The zero-order valence-corrected chi connectivity index (χ0v) is 18.5. The molecule has 3 aliphatic carbocycles. The number of terminal acetylenes is 1. The average Bonchev–Trinajstić information content (AvgIpc) is 3.05. The van der Waals surface area contributed by atoms with Crippen molar-refractivity contribution >= 4 is 0 Å². The molecule has 1 N–H and O–H groups in total. The fourth-order valence-electron chi connectivity index (χ4n) is 7.38. The quantitative estimate of drug-likeness (QED) is 0.730. The Hall–Kier alpha value is -1.50. The first-order chi connectivity index (χ1) is 14.5. The van der Waals surface area contributed by atoms with Gasteiger partial charge in [-0.3, -0.25) is 4.90 Å². The summed E-state index contributed by atoms with van der Waals surface area (Å²) in [6, 6.07) is 6.84. The third-order valence-corrected chi connectivity index (χ3v) is 9.21. The highest BCUT2D eigenvalue weighted by Gasteiger charge is 2.61. The lowest BCUT2D eigenvalue weighted by atomic mass is 9.53. The van der Waals surface area contributed by atoms with Crippen LogP contribution >= 0.6 is 0 Å². The van der Waals surface area contributed by atoms with Gasteiger partial charge in [-0.25, -0.2) is 0 Å². The molecule has 4 aliphatic rings. The molecular weight excluding hydrogens is 370 g/mol. The Balaban J connectivity index is 1.27. The summed E-state index contributed by atoms with van der Waals surface area (Å²) in [5.74, 6) is 5.64. The summed E-state index contributed by atoms with van der Waals surface area (Å²) in [6.45, 7) is 6.54. The number of benzene rings is 1. The van der Waals surface area contributed by atoms with Crippen LogP contribution in [0.4, 0.5) is 0 Å². The first-order valence-corrected chi connectivity index (χ1v) is 12.2. The maximum atomic E-state index is 11.1. The fourth-order valence-corrected chi connectivity index (χ4v) is 7.38. The van der Waals surface area contributed by atoms with E-state index in [9.17, 15) is 5.11 Å². The van der Waals surface area contributed by atoms with Crippen molar-refractivity contribution in [3.8, 4) is 18.1 Å². The normalized spacial score (nSPS) is 38.2. The summed E-state index contributed by atoms with van der Waals surface area (Å²) in [7, 11) is 0. The zero-order valence-electron chi connectivity index (χ0n) is 18.5. The van der Waals surface area contributed by atoms with Gasteiger partial charge in [0.25, 0.3) is 0 Å². The van der Waals surface area contributed by atoms with E-state index in [0.717, 1.165) is 51.0 Å². The van der Waals surface area contributed by atoms with Crippen LogP contribution in [0.1, 0.15) is 75.3 Å². The molecule has 2 saturated carbocycles. The number of aryl methyl sites for hydroxylation is 1. The number of fused-ring (bicyclic) bond motifs is 5. The van der Waals surface area contributed by atoms with E-state index in [0.29, 0.717) is 17.8 Å². The van der Waals surface area contributed by atoms with Crippen LogP contribution in [0.3, 0.4) is 0 Å². The van der Waals surface area contributed by atoms with Crippen molar-refractivity contribution in [1.82, 2.24) is 4.90 Å². The van der Waals surface area contributed by atoms with Crippen molar-refractivity contribution < 1.29 is 9.84 Å². The maximum absolute atomic E-state index is 11.1. The van der Waals surface area contributed by atoms with Crippen LogP contribution in [0.25, 0.3) is 0 Å². The molecule has 162 valence electrons. The van der Waals surface area contributed by atoms with E-state index < -0.39 is 5.60 Å². The maximum Gasteiger partial charge on any atom is 0.130 e. The van der Waals surface area contributed by atoms with Crippen LogP contribution in [0.5, 0.6) is 5.75 Å². The molecule has 1 heterocycles. The van der Waals surface area contributed by atoms with E-state index in [1.807, 2.05) is 0 Å². The van der Waals surface area contributed by atoms with Gasteiger partial charge in [0.15, 0.2) is 0 Å². The summed E-state index contributed by atoms with van der Waals surface area (Å²) < 4.78 is 6.14. The van der Waals surface area contributed by atoms with Crippen molar-refractivity contribution in [2.75, 3.05) is 26.2 Å². The Bertz CT molecular complexity index is 823. The van der Waals surface area contributed by atoms with Gasteiger partial charge in [-0.1, -0.05) is 25.3 Å². The van der Waals surface area contributed by atoms with E-state index >= 15 is 0 Å². The summed E-state index contributed by atoms with van der Waals surface area (Å²) in [4.78, 5) is 2.53. The Morgan fingerprint density at radius 2 is 2.00 bits per heavy atom. The lowest BCUT2D eigenvalue weighted by Crippen LogP contribution is -2.50. The van der Waals surface area contributed by atoms with Gasteiger partial charge in [0, 0.05) is 12.0 Å². The van der Waals surface area contributed by atoms with Crippen LogP contribution in [-0.2, 0) is 6.42 Å². The molecule has 0 aromatic heterocycles. The number of rotatable bonds is 4. The average molecular weight is 408 g/mol. The van der Waals surface area contributed by atoms with Gasteiger partial charge in [0.1, 0.15) is 18.0 Å². The molecule has 1 saturated heterocycles. The van der Waals surface area contributed by atoms with Crippen molar-refractivity contribution in [1.29, 1.82) is 0 Å². The molecule has 0 amide bonds. The number of piperidine rings is 1. The van der Waals surface area contributed by atoms with Crippen molar-refractivity contribution in [3.63, 3.8) is 0 Å². The number of ether oxygens (including phenoxy) is 1. The Morgan fingerprint density at radius 3 is 2.80 bits per heavy atom. The SMILES string of the molecule is C#C[C@]1(O)CCC2C3CCc4cc(OCCN5CCCCC5)ccc4C3CC[C@@]21C. The van der Waals surface area contributed by atoms with Gasteiger partial charge >= 0.3 is 0 Å². The van der Waals surface area contributed by atoms with Crippen LogP contribution < -0.4 is 4.74 Å². The third-order valence-electron chi connectivity index (χ3n) is 9.21. The van der Waals surface area contributed by atoms with Crippen molar-refractivity contribution in [2.24, 2.45) is 17.3 Å². The Kier molecular flexibility index (Phi) is 5.36. The van der Waals surface area contributed by atoms with Crippen LogP contribution in [0.15, 0.2) is 18.2 Å². The molecule has 3 heteroatoms. The summed E-state index contributed by atoms with van der Waals surface area (Å²) in [5.41, 5.74) is 2.00. The minimum atomic E-state index is -0.908. The number of hydrogen-bond acceptors (Lipinski definition) is 3. The van der Waals surface area contributed by atoms with E-state index in [1.165, 1.54) is 49.9 Å². The Labute approximate surface area is 182 Å². The van der Waals surface area contributed by atoms with Gasteiger partial charge < -0.3 is 9.84 Å². The van der Waals surface area contributed by atoms with E-state index in [-0.39, 0.29) is 5.41 Å². The van der Waals surface area contributed by atoms with Crippen LogP contribution in [-0.4, -0.2) is 41.8 Å². The molecule has 3 unspecified atom stereocenters. The van der Waals surface area contributed by atoms with Crippen molar-refractivity contribution in [3.05, 3.63) is 29.3 Å². The first-order valence-electron chi connectivity index (χ1n) is 12.2.